The normalized spacial score (nSPS) is 11.5. The van der Waals surface area contributed by atoms with E-state index in [2.05, 4.69) is 193 Å². The highest BCUT2D eigenvalue weighted by Crippen LogP contribution is 2.58. The Bertz CT molecular complexity index is 1720. The van der Waals surface area contributed by atoms with Gasteiger partial charge < -0.3 is 17.0 Å². The molecule has 0 fully saturated rings. The van der Waals surface area contributed by atoms with Crippen molar-refractivity contribution in [2.24, 2.45) is 0 Å². The summed E-state index contributed by atoms with van der Waals surface area (Å²) in [5, 5.41) is 4.06. The van der Waals surface area contributed by atoms with Gasteiger partial charge in [0, 0.05) is 6.20 Å². The van der Waals surface area contributed by atoms with Gasteiger partial charge in [-0.15, -0.1) is 0 Å². The molecule has 0 amide bonds. The van der Waals surface area contributed by atoms with E-state index >= 15 is 0 Å². The van der Waals surface area contributed by atoms with Crippen molar-refractivity contribution in [1.82, 2.24) is 9.55 Å². The van der Waals surface area contributed by atoms with Crippen molar-refractivity contribution in [3.05, 3.63) is 217 Å². The minimum atomic E-state index is -2.11. The molecule has 45 heavy (non-hydrogen) atoms. The minimum Gasteiger partial charge on any atom is -1.00 e. The first-order valence-electron chi connectivity index (χ1n) is 15.1. The van der Waals surface area contributed by atoms with Crippen LogP contribution in [-0.2, 0) is 11.7 Å². The number of benzene rings is 6. The Balaban J connectivity index is 0.00000357. The molecular formula is C41H34ClN2P. The zero-order chi connectivity index (χ0) is 29.7. The third-order valence-corrected chi connectivity index (χ3v) is 12.9. The van der Waals surface area contributed by atoms with Crippen LogP contribution in [0, 0.1) is 0 Å². The highest BCUT2D eigenvalue weighted by molar-refractivity contribution is 7.95. The van der Waals surface area contributed by atoms with E-state index < -0.39 is 12.8 Å². The number of halogens is 1. The van der Waals surface area contributed by atoms with E-state index in [1.165, 1.54) is 32.6 Å². The van der Waals surface area contributed by atoms with Gasteiger partial charge in [0.1, 0.15) is 34.9 Å². The summed E-state index contributed by atoms with van der Waals surface area (Å²) in [6.07, 6.45) is 5.14. The van der Waals surface area contributed by atoms with Crippen molar-refractivity contribution >= 4 is 23.2 Å². The monoisotopic (exact) mass is 620 g/mol. The molecule has 0 aliphatic heterocycles. The van der Waals surface area contributed by atoms with E-state index in [0.29, 0.717) is 0 Å². The van der Waals surface area contributed by atoms with Crippen molar-refractivity contribution in [2.45, 2.75) is 11.7 Å². The maximum Gasteiger partial charge on any atom is 0.121 e. The highest BCUT2D eigenvalue weighted by Gasteiger charge is 2.46. The lowest BCUT2D eigenvalue weighted by Gasteiger charge is -2.37. The van der Waals surface area contributed by atoms with Gasteiger partial charge in [-0.25, -0.2) is 4.98 Å². The summed E-state index contributed by atoms with van der Waals surface area (Å²) in [5.74, 6) is 0. The number of nitrogens with zero attached hydrogens (tertiary/aromatic N) is 2. The van der Waals surface area contributed by atoms with Crippen molar-refractivity contribution < 1.29 is 12.4 Å². The van der Waals surface area contributed by atoms with Crippen LogP contribution in [0.1, 0.15) is 22.4 Å². The summed E-state index contributed by atoms with van der Waals surface area (Å²) in [4.78, 5) is 5.21. The smallest absolute Gasteiger partial charge is 0.121 e. The summed E-state index contributed by atoms with van der Waals surface area (Å²) in [6.45, 7) is 0. The van der Waals surface area contributed by atoms with Crippen LogP contribution in [0.3, 0.4) is 0 Å². The van der Waals surface area contributed by atoms with Crippen LogP contribution in [0.15, 0.2) is 195 Å². The average molecular weight is 621 g/mol. The Labute approximate surface area is 272 Å². The molecule has 0 atom stereocenters. The molecule has 1 heterocycles. The second-order valence-electron chi connectivity index (χ2n) is 11.1. The van der Waals surface area contributed by atoms with Gasteiger partial charge >= 0.3 is 0 Å². The summed E-state index contributed by atoms with van der Waals surface area (Å²) in [7, 11) is -2.11. The van der Waals surface area contributed by atoms with Gasteiger partial charge in [0.15, 0.2) is 0 Å². The van der Waals surface area contributed by atoms with E-state index in [1.54, 1.807) is 0 Å². The summed E-state index contributed by atoms with van der Waals surface area (Å²) in [5.41, 5.74) is 4.05. The molecule has 1 aromatic heterocycles. The molecule has 0 saturated heterocycles. The zero-order valence-electron chi connectivity index (χ0n) is 24.9. The van der Waals surface area contributed by atoms with Gasteiger partial charge in [0.25, 0.3) is 0 Å². The van der Waals surface area contributed by atoms with Crippen LogP contribution < -0.4 is 28.3 Å². The first-order valence-corrected chi connectivity index (χ1v) is 17.0. The predicted octanol–water partition coefficient (Wildman–Crippen LogP) is 5.22. The van der Waals surface area contributed by atoms with Crippen molar-refractivity contribution in [1.29, 1.82) is 0 Å². The molecule has 7 rings (SSSR count). The van der Waals surface area contributed by atoms with Gasteiger partial charge in [0.2, 0.25) is 0 Å². The fraction of sp³-hybridized carbons (Fsp3) is 0.0488. The number of hydrogen-bond acceptors (Lipinski definition) is 1. The third-order valence-electron chi connectivity index (χ3n) is 8.59. The SMILES string of the molecule is [Cl-].c1ccc(C(c2ccccc2)(c2ccccc2)n2cnc(C[P+](c3ccccc3)(c3ccccc3)c3ccccc3)c2)cc1. The molecule has 0 unspecified atom stereocenters. The molecule has 0 bridgehead atoms. The summed E-state index contributed by atoms with van der Waals surface area (Å²) in [6, 6.07) is 65.5. The summed E-state index contributed by atoms with van der Waals surface area (Å²) < 4.78 is 2.33. The molecule has 6 aromatic carbocycles. The molecule has 220 valence electrons. The molecule has 2 nitrogen and oxygen atoms in total. The lowest BCUT2D eigenvalue weighted by Crippen LogP contribution is -3.00. The molecule has 7 aromatic rings. The molecule has 0 aliphatic carbocycles. The largest absolute Gasteiger partial charge is 1.00 e. The van der Waals surface area contributed by atoms with Crippen LogP contribution in [-0.4, -0.2) is 9.55 Å². The fourth-order valence-electron chi connectivity index (χ4n) is 6.63. The van der Waals surface area contributed by atoms with Gasteiger partial charge in [-0.05, 0) is 53.1 Å². The van der Waals surface area contributed by atoms with E-state index in [0.717, 1.165) is 11.9 Å². The third kappa shape index (κ3) is 5.53. The zero-order valence-corrected chi connectivity index (χ0v) is 26.6. The van der Waals surface area contributed by atoms with E-state index in [4.69, 9.17) is 4.98 Å². The molecule has 0 radical (unpaired) electrons. The standard InChI is InChI=1S/C41H34N2P.ClH/c1-7-19-34(20-8-1)41(35-21-9-2-10-22-35,36-23-11-3-12-24-36)43-31-37(42-33-43)32-44(38-25-13-4-14-26-38,39-27-15-5-16-28-39)40-29-17-6-18-30-40;/h1-31,33H,32H2;1H/q+1;/p-1. The predicted molar refractivity (Wildman–Crippen MR) is 186 cm³/mol. The van der Waals surface area contributed by atoms with Crippen LogP contribution in [0.2, 0.25) is 0 Å². The molecule has 0 N–H and O–H groups in total. The Morgan fingerprint density at radius 2 is 0.756 bits per heavy atom. The topological polar surface area (TPSA) is 17.8 Å². The van der Waals surface area contributed by atoms with E-state index in [-0.39, 0.29) is 12.4 Å². The lowest BCUT2D eigenvalue weighted by molar-refractivity contribution is -0.00000856. The first kappa shape index (κ1) is 30.3. The van der Waals surface area contributed by atoms with E-state index in [1.807, 2.05) is 6.33 Å². The van der Waals surface area contributed by atoms with Crippen LogP contribution >= 0.6 is 7.26 Å². The first-order chi connectivity index (χ1) is 21.8. The van der Waals surface area contributed by atoms with Crippen LogP contribution in [0.25, 0.3) is 0 Å². The number of aromatic nitrogens is 2. The Hall–Kier alpha value is -4.75. The molecule has 0 saturated carbocycles. The van der Waals surface area contributed by atoms with Gasteiger partial charge in [-0.3, -0.25) is 0 Å². The van der Waals surface area contributed by atoms with Gasteiger partial charge in [0.05, 0.1) is 12.0 Å². The lowest BCUT2D eigenvalue weighted by atomic mass is 9.77. The molecule has 4 heteroatoms. The van der Waals surface area contributed by atoms with Gasteiger partial charge in [-0.2, -0.15) is 0 Å². The Morgan fingerprint density at radius 1 is 0.444 bits per heavy atom. The average Bonchev–Trinajstić information content (AvgIpc) is 3.58. The quantitative estimate of drug-likeness (QED) is 0.160. The minimum absolute atomic E-state index is 0. The molecular weight excluding hydrogens is 587 g/mol. The van der Waals surface area contributed by atoms with E-state index in [9.17, 15) is 0 Å². The number of rotatable bonds is 9. The summed E-state index contributed by atoms with van der Waals surface area (Å²) >= 11 is 0. The van der Waals surface area contributed by atoms with Crippen molar-refractivity contribution in [2.75, 3.05) is 0 Å². The van der Waals surface area contributed by atoms with Crippen LogP contribution in [0.4, 0.5) is 0 Å². The molecule has 0 aliphatic rings. The maximum atomic E-state index is 5.21. The van der Waals surface area contributed by atoms with Crippen molar-refractivity contribution in [3.8, 4) is 0 Å². The van der Waals surface area contributed by atoms with Gasteiger partial charge in [-0.1, -0.05) is 146 Å². The molecule has 0 spiro atoms. The number of hydrogen-bond donors (Lipinski definition) is 0. The van der Waals surface area contributed by atoms with Crippen LogP contribution in [0.5, 0.6) is 0 Å². The second kappa shape index (κ2) is 13.5. The second-order valence-corrected chi connectivity index (χ2v) is 14.5. The Morgan fingerprint density at radius 3 is 1.09 bits per heavy atom. The Kier molecular flexibility index (Phi) is 9.08. The maximum absolute atomic E-state index is 5.21. The fourth-order valence-corrected chi connectivity index (χ4v) is 10.8. The number of imidazole rings is 1. The highest BCUT2D eigenvalue weighted by atomic mass is 35.5. The van der Waals surface area contributed by atoms with Crippen molar-refractivity contribution in [3.63, 3.8) is 0 Å².